The third-order valence-corrected chi connectivity index (χ3v) is 4.67. The maximum atomic E-state index is 12.4. The Morgan fingerprint density at radius 2 is 1.84 bits per heavy atom. The number of carbonyl (C=O) groups excluding carboxylic acids is 1. The highest BCUT2D eigenvalue weighted by molar-refractivity contribution is 5.78. The zero-order valence-corrected chi connectivity index (χ0v) is 12.9. The standard InChI is InChI=1S/C15H29N3O/c1-12(2)18(10-14-9-13(14)3)11-15(19)17-7-5-16(4)6-8-17/h12-14H,5-11H2,1-4H3/t13-,14+/m0/s1. The van der Waals surface area contributed by atoms with Crippen LogP contribution in [-0.2, 0) is 4.79 Å². The van der Waals surface area contributed by atoms with Gasteiger partial charge in [-0.15, -0.1) is 0 Å². The summed E-state index contributed by atoms with van der Waals surface area (Å²) in [4.78, 5) is 19.0. The van der Waals surface area contributed by atoms with Gasteiger partial charge in [0.05, 0.1) is 6.54 Å². The van der Waals surface area contributed by atoms with Crippen LogP contribution in [0.25, 0.3) is 0 Å². The van der Waals surface area contributed by atoms with Crippen molar-refractivity contribution in [3.8, 4) is 0 Å². The monoisotopic (exact) mass is 267 g/mol. The van der Waals surface area contributed by atoms with E-state index in [2.05, 4.69) is 37.6 Å². The molecule has 1 saturated carbocycles. The predicted octanol–water partition coefficient (Wildman–Crippen LogP) is 1.13. The van der Waals surface area contributed by atoms with E-state index in [1.54, 1.807) is 0 Å². The van der Waals surface area contributed by atoms with Gasteiger partial charge in [0.2, 0.25) is 5.91 Å². The Kier molecular flexibility index (Phi) is 4.85. The fourth-order valence-corrected chi connectivity index (χ4v) is 2.74. The molecule has 110 valence electrons. The average molecular weight is 267 g/mol. The van der Waals surface area contributed by atoms with Crippen LogP contribution < -0.4 is 0 Å². The normalized spacial score (nSPS) is 28.2. The van der Waals surface area contributed by atoms with Crippen molar-refractivity contribution in [2.24, 2.45) is 11.8 Å². The molecular weight excluding hydrogens is 238 g/mol. The maximum Gasteiger partial charge on any atom is 0.236 e. The number of likely N-dealkylation sites (N-methyl/N-ethyl adjacent to an activating group) is 1. The second-order valence-electron chi connectivity index (χ2n) is 6.68. The zero-order valence-electron chi connectivity index (χ0n) is 12.9. The minimum absolute atomic E-state index is 0.315. The van der Waals surface area contributed by atoms with Gasteiger partial charge < -0.3 is 9.80 Å². The van der Waals surface area contributed by atoms with Gasteiger partial charge in [0.25, 0.3) is 0 Å². The van der Waals surface area contributed by atoms with Crippen molar-refractivity contribution >= 4 is 5.91 Å². The summed E-state index contributed by atoms with van der Waals surface area (Å²) in [6.07, 6.45) is 1.34. The highest BCUT2D eigenvalue weighted by Crippen LogP contribution is 2.38. The summed E-state index contributed by atoms with van der Waals surface area (Å²) in [7, 11) is 2.12. The molecule has 0 aromatic rings. The molecular formula is C15H29N3O. The van der Waals surface area contributed by atoms with Crippen LogP contribution in [0.4, 0.5) is 0 Å². The van der Waals surface area contributed by atoms with Gasteiger partial charge in [-0.2, -0.15) is 0 Å². The van der Waals surface area contributed by atoms with Crippen molar-refractivity contribution in [2.45, 2.75) is 33.2 Å². The van der Waals surface area contributed by atoms with Crippen molar-refractivity contribution < 1.29 is 4.79 Å². The third-order valence-electron chi connectivity index (χ3n) is 4.67. The Morgan fingerprint density at radius 3 is 2.32 bits per heavy atom. The summed E-state index contributed by atoms with van der Waals surface area (Å²) in [5.74, 6) is 2.00. The first-order chi connectivity index (χ1) is 8.97. The molecule has 1 saturated heterocycles. The number of nitrogens with zero attached hydrogens (tertiary/aromatic N) is 3. The highest BCUT2D eigenvalue weighted by atomic mass is 16.2. The van der Waals surface area contributed by atoms with Crippen LogP contribution in [0.3, 0.4) is 0 Å². The number of rotatable bonds is 5. The fourth-order valence-electron chi connectivity index (χ4n) is 2.74. The van der Waals surface area contributed by atoms with Gasteiger partial charge in [0, 0.05) is 38.8 Å². The van der Waals surface area contributed by atoms with Gasteiger partial charge in [0.15, 0.2) is 0 Å². The van der Waals surface area contributed by atoms with Crippen LogP contribution in [0.2, 0.25) is 0 Å². The summed E-state index contributed by atoms with van der Waals surface area (Å²) in [5.41, 5.74) is 0. The van der Waals surface area contributed by atoms with E-state index in [1.807, 2.05) is 4.90 Å². The van der Waals surface area contributed by atoms with Crippen molar-refractivity contribution in [2.75, 3.05) is 46.3 Å². The van der Waals surface area contributed by atoms with E-state index in [4.69, 9.17) is 0 Å². The molecule has 1 heterocycles. The van der Waals surface area contributed by atoms with Gasteiger partial charge in [-0.1, -0.05) is 6.92 Å². The number of hydrogen-bond acceptors (Lipinski definition) is 3. The molecule has 2 rings (SSSR count). The summed E-state index contributed by atoms with van der Waals surface area (Å²) in [6, 6.07) is 0.462. The Hall–Kier alpha value is -0.610. The minimum atomic E-state index is 0.315. The lowest BCUT2D eigenvalue weighted by Gasteiger charge is -2.35. The molecule has 2 fully saturated rings. The second-order valence-corrected chi connectivity index (χ2v) is 6.68. The fraction of sp³-hybridized carbons (Fsp3) is 0.933. The number of piperazine rings is 1. The summed E-state index contributed by atoms with van der Waals surface area (Å²) in [6.45, 7) is 12.2. The van der Waals surface area contributed by atoms with E-state index in [9.17, 15) is 4.79 Å². The molecule has 1 aliphatic heterocycles. The Labute approximate surface area is 117 Å². The third kappa shape index (κ3) is 4.18. The lowest BCUT2D eigenvalue weighted by Crippen LogP contribution is -2.51. The molecule has 0 N–H and O–H groups in total. The van der Waals surface area contributed by atoms with Gasteiger partial charge in [0.1, 0.15) is 0 Å². The second kappa shape index (κ2) is 6.23. The molecule has 0 aromatic heterocycles. The summed E-state index contributed by atoms with van der Waals surface area (Å²) in [5, 5.41) is 0. The first-order valence-corrected chi connectivity index (χ1v) is 7.67. The van der Waals surface area contributed by atoms with Crippen LogP contribution >= 0.6 is 0 Å². The topological polar surface area (TPSA) is 26.8 Å². The largest absolute Gasteiger partial charge is 0.339 e. The molecule has 0 unspecified atom stereocenters. The van der Waals surface area contributed by atoms with Gasteiger partial charge in [-0.05, 0) is 39.2 Å². The Morgan fingerprint density at radius 1 is 1.26 bits per heavy atom. The zero-order chi connectivity index (χ0) is 14.0. The van der Waals surface area contributed by atoms with E-state index in [-0.39, 0.29) is 0 Å². The first-order valence-electron chi connectivity index (χ1n) is 7.67. The number of amides is 1. The SMILES string of the molecule is CC(C)N(CC(=O)N1CCN(C)CC1)C[C@H]1C[C@@H]1C. The van der Waals surface area contributed by atoms with Crippen LogP contribution in [0.5, 0.6) is 0 Å². The van der Waals surface area contributed by atoms with E-state index in [0.29, 0.717) is 18.5 Å². The molecule has 0 radical (unpaired) electrons. The van der Waals surface area contributed by atoms with Crippen LogP contribution in [0.15, 0.2) is 0 Å². The van der Waals surface area contributed by atoms with E-state index < -0.39 is 0 Å². The molecule has 4 heteroatoms. The summed E-state index contributed by atoms with van der Waals surface area (Å²) < 4.78 is 0. The smallest absolute Gasteiger partial charge is 0.236 e. The van der Waals surface area contributed by atoms with E-state index in [1.165, 1.54) is 6.42 Å². The molecule has 4 nitrogen and oxygen atoms in total. The van der Waals surface area contributed by atoms with Gasteiger partial charge >= 0.3 is 0 Å². The lowest BCUT2D eigenvalue weighted by atomic mass is 10.2. The summed E-state index contributed by atoms with van der Waals surface area (Å²) >= 11 is 0. The number of carbonyl (C=O) groups is 1. The molecule has 19 heavy (non-hydrogen) atoms. The average Bonchev–Trinajstić information content (AvgIpc) is 3.04. The van der Waals surface area contributed by atoms with Crippen LogP contribution in [0.1, 0.15) is 27.2 Å². The Balaban J connectivity index is 1.80. The molecule has 2 atom stereocenters. The van der Waals surface area contributed by atoms with Crippen molar-refractivity contribution in [1.82, 2.24) is 14.7 Å². The Bertz CT molecular complexity index is 311. The van der Waals surface area contributed by atoms with Gasteiger partial charge in [-0.25, -0.2) is 0 Å². The predicted molar refractivity (Wildman–Crippen MR) is 78.1 cm³/mol. The number of hydrogen-bond donors (Lipinski definition) is 0. The van der Waals surface area contributed by atoms with E-state index >= 15 is 0 Å². The molecule has 1 aliphatic carbocycles. The first kappa shape index (κ1) is 14.8. The van der Waals surface area contributed by atoms with Crippen molar-refractivity contribution in [3.05, 3.63) is 0 Å². The molecule has 0 bridgehead atoms. The molecule has 2 aliphatic rings. The van der Waals surface area contributed by atoms with Gasteiger partial charge in [-0.3, -0.25) is 9.69 Å². The highest BCUT2D eigenvalue weighted by Gasteiger charge is 2.35. The molecule has 0 spiro atoms. The maximum absolute atomic E-state index is 12.4. The molecule has 0 aromatic carbocycles. The quantitative estimate of drug-likeness (QED) is 0.747. The minimum Gasteiger partial charge on any atom is -0.339 e. The van der Waals surface area contributed by atoms with Crippen LogP contribution in [0, 0.1) is 11.8 Å². The van der Waals surface area contributed by atoms with Crippen LogP contribution in [-0.4, -0.2) is 73.0 Å². The van der Waals surface area contributed by atoms with E-state index in [0.717, 1.165) is 44.6 Å². The van der Waals surface area contributed by atoms with Crippen molar-refractivity contribution in [3.63, 3.8) is 0 Å². The van der Waals surface area contributed by atoms with Crippen molar-refractivity contribution in [1.29, 1.82) is 0 Å². The lowest BCUT2D eigenvalue weighted by molar-refractivity contribution is -0.134. The molecule has 1 amide bonds.